The molecule has 7 heteroatoms. The molecular weight excluding hydrogens is 232 g/mol. The van der Waals surface area contributed by atoms with E-state index >= 15 is 0 Å². The summed E-state index contributed by atoms with van der Waals surface area (Å²) in [6.07, 6.45) is 2.03. The molecule has 76 valence electrons. The summed E-state index contributed by atoms with van der Waals surface area (Å²) in [5.41, 5.74) is 0. The highest BCUT2D eigenvalue weighted by Crippen LogP contribution is 2.15. The van der Waals surface area contributed by atoms with Crippen molar-refractivity contribution in [2.45, 2.75) is 26.3 Å². The van der Waals surface area contributed by atoms with Crippen LogP contribution in [0.5, 0.6) is 0 Å². The van der Waals surface area contributed by atoms with Gasteiger partial charge in [0.2, 0.25) is 0 Å². The average molecular weight is 251 g/mol. The SMILES string of the molecule is CCC[Si]1(OC(C)=O)CO[SiH2][SiH2][SiH2]1. The molecule has 0 aliphatic carbocycles. The molecule has 1 fully saturated rings. The first-order valence-corrected chi connectivity index (χ1v) is 18.2. The van der Waals surface area contributed by atoms with Gasteiger partial charge in [0, 0.05) is 15.5 Å². The fourth-order valence-corrected chi connectivity index (χ4v) is 50.7. The van der Waals surface area contributed by atoms with Crippen molar-refractivity contribution in [1.29, 1.82) is 0 Å². The average Bonchev–Trinajstić information content (AvgIpc) is 2.04. The van der Waals surface area contributed by atoms with Crippen molar-refractivity contribution in [2.75, 3.05) is 6.23 Å². The van der Waals surface area contributed by atoms with E-state index in [2.05, 4.69) is 6.92 Å². The summed E-state index contributed by atoms with van der Waals surface area (Å²) < 4.78 is 11.3. The lowest BCUT2D eigenvalue weighted by molar-refractivity contribution is -0.132. The smallest absolute Gasteiger partial charge is 0.289 e. The van der Waals surface area contributed by atoms with E-state index in [0.29, 0.717) is 0 Å². The molecule has 0 spiro atoms. The lowest BCUT2D eigenvalue weighted by Crippen LogP contribution is -2.58. The van der Waals surface area contributed by atoms with E-state index in [9.17, 15) is 4.79 Å². The second-order valence-electron chi connectivity index (χ2n) is 3.68. The van der Waals surface area contributed by atoms with E-state index in [1.54, 1.807) is 6.92 Å². The third-order valence-electron chi connectivity index (χ3n) is 2.35. The van der Waals surface area contributed by atoms with Crippen molar-refractivity contribution in [3.8, 4) is 0 Å². The largest absolute Gasteiger partial charge is 0.521 e. The maximum absolute atomic E-state index is 11.0. The second kappa shape index (κ2) is 5.25. The molecule has 0 bridgehead atoms. The fraction of sp³-hybridized carbons (Fsp3) is 0.833. The number of hydrogen-bond donors (Lipinski definition) is 0. The van der Waals surface area contributed by atoms with Gasteiger partial charge >= 0.3 is 0 Å². The molecule has 1 saturated heterocycles. The Morgan fingerprint density at radius 3 is 2.92 bits per heavy atom. The van der Waals surface area contributed by atoms with E-state index in [4.69, 9.17) is 8.85 Å². The van der Waals surface area contributed by atoms with Gasteiger partial charge in [0.05, 0.1) is 14.8 Å². The predicted molar refractivity (Wildman–Crippen MR) is 64.2 cm³/mol. The first-order valence-electron chi connectivity index (χ1n) is 4.96. The number of carbonyl (C=O) groups excluding carboxylic acids is 1. The summed E-state index contributed by atoms with van der Waals surface area (Å²) in [7, 11) is -1.43. The Morgan fingerprint density at radius 2 is 2.46 bits per heavy atom. The topological polar surface area (TPSA) is 35.5 Å². The van der Waals surface area contributed by atoms with Crippen LogP contribution in [0.25, 0.3) is 0 Å². The van der Waals surface area contributed by atoms with E-state index in [1.165, 1.54) is 6.04 Å². The standard InChI is InChI=1S/C6H18O3Si4/c1-3-4-13(9-6(2)7)5-8-10-11-12-13/h3-5,10-12H2,1-2H3. The Kier molecular flexibility index (Phi) is 4.59. The first kappa shape index (κ1) is 11.4. The van der Waals surface area contributed by atoms with E-state index in [0.717, 1.165) is 12.7 Å². The van der Waals surface area contributed by atoms with Crippen LogP contribution in [-0.2, 0) is 13.6 Å². The molecule has 1 aliphatic heterocycles. The van der Waals surface area contributed by atoms with Crippen LogP contribution in [0.2, 0.25) is 6.04 Å². The monoisotopic (exact) mass is 250 g/mol. The second-order valence-corrected chi connectivity index (χ2v) is 28.6. The highest BCUT2D eigenvalue weighted by Gasteiger charge is 2.39. The summed E-state index contributed by atoms with van der Waals surface area (Å²) in [6, 6.07) is 1.17. The van der Waals surface area contributed by atoms with Crippen molar-refractivity contribution < 1.29 is 13.6 Å². The molecule has 0 N–H and O–H groups in total. The molecule has 1 aliphatic rings. The molecule has 1 rings (SSSR count). The summed E-state index contributed by atoms with van der Waals surface area (Å²) in [4.78, 5) is 11.0. The molecule has 0 aromatic carbocycles. The third-order valence-corrected chi connectivity index (χ3v) is 38.8. The Morgan fingerprint density at radius 1 is 1.69 bits per heavy atom. The fourth-order valence-electron chi connectivity index (χ4n) is 1.92. The van der Waals surface area contributed by atoms with Gasteiger partial charge in [-0.15, -0.1) is 0 Å². The summed E-state index contributed by atoms with van der Waals surface area (Å²) in [6.45, 7) is 3.73. The van der Waals surface area contributed by atoms with Crippen molar-refractivity contribution in [2.24, 2.45) is 0 Å². The highest BCUT2D eigenvalue weighted by molar-refractivity contribution is 7.52. The van der Waals surface area contributed by atoms with Gasteiger partial charge in [-0.2, -0.15) is 0 Å². The van der Waals surface area contributed by atoms with Crippen LogP contribution in [0.3, 0.4) is 0 Å². The molecule has 3 nitrogen and oxygen atoms in total. The molecule has 0 aromatic rings. The van der Waals surface area contributed by atoms with Gasteiger partial charge in [-0.1, -0.05) is 13.3 Å². The van der Waals surface area contributed by atoms with Gasteiger partial charge in [-0.3, -0.25) is 4.79 Å². The van der Waals surface area contributed by atoms with Crippen LogP contribution in [0.4, 0.5) is 0 Å². The Labute approximate surface area is 86.7 Å². The van der Waals surface area contributed by atoms with Crippen molar-refractivity contribution in [1.82, 2.24) is 0 Å². The van der Waals surface area contributed by atoms with Crippen LogP contribution in [0.15, 0.2) is 0 Å². The van der Waals surface area contributed by atoms with Gasteiger partial charge in [0.15, 0.2) is 0 Å². The van der Waals surface area contributed by atoms with Crippen LogP contribution in [0.1, 0.15) is 20.3 Å². The molecule has 1 atom stereocenters. The zero-order chi connectivity index (χ0) is 9.73. The predicted octanol–water partition coefficient (Wildman–Crippen LogP) is -1.78. The van der Waals surface area contributed by atoms with Gasteiger partial charge < -0.3 is 8.85 Å². The van der Waals surface area contributed by atoms with Crippen molar-refractivity contribution >= 4 is 40.2 Å². The van der Waals surface area contributed by atoms with Crippen LogP contribution < -0.4 is 0 Å². The number of carbonyl (C=O) groups is 1. The zero-order valence-corrected chi connectivity index (χ0v) is 13.7. The lowest BCUT2D eigenvalue weighted by atomic mass is 10.6. The minimum Gasteiger partial charge on any atom is -0.521 e. The maximum atomic E-state index is 11.0. The van der Waals surface area contributed by atoms with Crippen LogP contribution in [0, 0.1) is 0 Å². The summed E-state index contributed by atoms with van der Waals surface area (Å²) >= 11 is 0. The first-order chi connectivity index (χ1) is 6.18. The maximum Gasteiger partial charge on any atom is 0.289 e. The zero-order valence-electron chi connectivity index (χ0n) is 8.47. The summed E-state index contributed by atoms with van der Waals surface area (Å²) in [5, 5.41) is 0. The quantitative estimate of drug-likeness (QED) is 0.556. The Bertz CT molecular complexity index is 175. The van der Waals surface area contributed by atoms with E-state index < -0.39 is 7.83 Å². The molecular formula is C6H18O3Si4. The number of rotatable bonds is 3. The van der Waals surface area contributed by atoms with Gasteiger partial charge in [-0.25, -0.2) is 0 Å². The Balaban J connectivity index is 2.55. The molecule has 1 unspecified atom stereocenters. The minimum atomic E-state index is -1.58. The highest BCUT2D eigenvalue weighted by atomic mass is 29.7. The third kappa shape index (κ3) is 3.50. The Hall–Kier alpha value is 0.298. The van der Waals surface area contributed by atoms with Crippen LogP contribution >= 0.6 is 0 Å². The van der Waals surface area contributed by atoms with Gasteiger partial charge in [0.25, 0.3) is 13.8 Å². The molecule has 0 aromatic heterocycles. The lowest BCUT2D eigenvalue weighted by Gasteiger charge is -2.33. The van der Waals surface area contributed by atoms with Crippen molar-refractivity contribution in [3.63, 3.8) is 0 Å². The van der Waals surface area contributed by atoms with Gasteiger partial charge in [0.1, 0.15) is 9.28 Å². The molecule has 13 heavy (non-hydrogen) atoms. The molecule has 1 heterocycles. The van der Waals surface area contributed by atoms with Gasteiger partial charge in [-0.05, 0) is 6.04 Å². The van der Waals surface area contributed by atoms with E-state index in [1.807, 2.05) is 0 Å². The van der Waals surface area contributed by atoms with Crippen molar-refractivity contribution in [3.05, 3.63) is 0 Å². The normalized spacial score (nSPS) is 34.0. The minimum absolute atomic E-state index is 0.0333. The molecule has 0 amide bonds. The van der Waals surface area contributed by atoms with Crippen LogP contribution in [-0.4, -0.2) is 46.4 Å². The molecule has 0 saturated carbocycles. The number of hydrogen-bond acceptors (Lipinski definition) is 3. The summed E-state index contributed by atoms with van der Waals surface area (Å²) in [5.74, 6) is -0.0613. The molecule has 0 radical (unpaired) electrons. The van der Waals surface area contributed by atoms with E-state index in [-0.39, 0.29) is 32.4 Å².